The zero-order chi connectivity index (χ0) is 19.5. The van der Waals surface area contributed by atoms with Gasteiger partial charge in [-0.1, -0.05) is 11.8 Å². The third kappa shape index (κ3) is 3.48. The molecule has 10 heteroatoms. The van der Waals surface area contributed by atoms with Crippen LogP contribution in [0.4, 0.5) is 0 Å². The number of fused-ring (bicyclic) bond motifs is 1. The van der Waals surface area contributed by atoms with Gasteiger partial charge in [0.05, 0.1) is 37.3 Å². The maximum Gasteiger partial charge on any atom is 0.248 e. The molecule has 0 saturated heterocycles. The van der Waals surface area contributed by atoms with Crippen molar-refractivity contribution in [2.75, 3.05) is 21.3 Å². The molecule has 0 bridgehead atoms. The van der Waals surface area contributed by atoms with E-state index in [0.29, 0.717) is 40.3 Å². The highest BCUT2D eigenvalue weighted by molar-refractivity contribution is 7.98. The van der Waals surface area contributed by atoms with E-state index in [1.807, 2.05) is 11.4 Å². The number of ether oxygens (including phenoxy) is 3. The predicted molar refractivity (Wildman–Crippen MR) is 106 cm³/mol. The van der Waals surface area contributed by atoms with Gasteiger partial charge in [0.2, 0.25) is 17.5 Å². The number of rotatable bonds is 7. The topological polar surface area (TPSA) is 92.4 Å². The number of nitrogens with zero attached hydrogens (tertiary/aromatic N) is 4. The number of aromatic nitrogens is 4. The monoisotopic (exact) mass is 416 g/mol. The molecule has 0 aliphatic rings. The van der Waals surface area contributed by atoms with Crippen LogP contribution in [0.25, 0.3) is 21.7 Å². The summed E-state index contributed by atoms with van der Waals surface area (Å²) in [6, 6.07) is 5.51. The molecule has 0 fully saturated rings. The van der Waals surface area contributed by atoms with Crippen LogP contribution < -0.4 is 14.2 Å². The molecule has 4 rings (SSSR count). The van der Waals surface area contributed by atoms with E-state index in [9.17, 15) is 0 Å². The van der Waals surface area contributed by atoms with Crippen molar-refractivity contribution in [3.05, 3.63) is 35.8 Å². The van der Waals surface area contributed by atoms with Crippen molar-refractivity contribution in [2.45, 2.75) is 10.8 Å². The number of hydrogen-bond acceptors (Lipinski definition) is 10. The first-order chi connectivity index (χ1) is 13.7. The molecular formula is C18H16N4O4S2. The summed E-state index contributed by atoms with van der Waals surface area (Å²) in [6.07, 6.45) is 1.56. The van der Waals surface area contributed by atoms with Gasteiger partial charge < -0.3 is 18.6 Å². The molecule has 0 aliphatic heterocycles. The molecule has 28 heavy (non-hydrogen) atoms. The molecule has 0 unspecified atom stereocenters. The molecule has 0 atom stereocenters. The summed E-state index contributed by atoms with van der Waals surface area (Å²) in [5.74, 6) is 2.92. The van der Waals surface area contributed by atoms with Crippen molar-refractivity contribution in [3.63, 3.8) is 0 Å². The summed E-state index contributed by atoms with van der Waals surface area (Å²) in [4.78, 5) is 8.60. The molecule has 0 amide bonds. The lowest BCUT2D eigenvalue weighted by molar-refractivity contribution is 0.324. The number of methoxy groups -OCH3 is 3. The van der Waals surface area contributed by atoms with Crippen molar-refractivity contribution in [1.29, 1.82) is 0 Å². The van der Waals surface area contributed by atoms with Gasteiger partial charge in [-0.2, -0.15) is 0 Å². The fraction of sp³-hybridized carbons (Fsp3) is 0.222. The van der Waals surface area contributed by atoms with E-state index in [4.69, 9.17) is 18.6 Å². The quantitative estimate of drug-likeness (QED) is 0.326. The second-order valence-corrected chi connectivity index (χ2v) is 7.40. The minimum absolute atomic E-state index is 0.374. The van der Waals surface area contributed by atoms with Crippen LogP contribution in [-0.4, -0.2) is 41.5 Å². The Morgan fingerprint density at radius 3 is 2.54 bits per heavy atom. The summed E-state index contributed by atoms with van der Waals surface area (Å²) < 4.78 is 23.0. The van der Waals surface area contributed by atoms with Gasteiger partial charge in [0.25, 0.3) is 0 Å². The van der Waals surface area contributed by atoms with Gasteiger partial charge >= 0.3 is 0 Å². The lowest BCUT2D eigenvalue weighted by Crippen LogP contribution is -1.95. The predicted octanol–water partition coefficient (Wildman–Crippen LogP) is 4.06. The summed E-state index contributed by atoms with van der Waals surface area (Å²) in [5.41, 5.74) is 1.62. The molecular weight excluding hydrogens is 400 g/mol. The minimum atomic E-state index is 0.374. The van der Waals surface area contributed by atoms with E-state index in [2.05, 4.69) is 20.2 Å². The van der Waals surface area contributed by atoms with Crippen molar-refractivity contribution in [3.8, 4) is 28.7 Å². The van der Waals surface area contributed by atoms with Crippen molar-refractivity contribution < 1.29 is 18.6 Å². The van der Waals surface area contributed by atoms with E-state index >= 15 is 0 Å². The van der Waals surface area contributed by atoms with Crippen LogP contribution in [0.3, 0.4) is 0 Å². The summed E-state index contributed by atoms with van der Waals surface area (Å²) in [5, 5.41) is 11.2. The van der Waals surface area contributed by atoms with E-state index in [0.717, 1.165) is 15.2 Å². The van der Waals surface area contributed by atoms with Crippen molar-refractivity contribution in [2.24, 2.45) is 0 Å². The van der Waals surface area contributed by atoms with E-state index in [-0.39, 0.29) is 0 Å². The van der Waals surface area contributed by atoms with Crippen molar-refractivity contribution >= 4 is 33.3 Å². The average molecular weight is 416 g/mol. The molecule has 0 saturated carbocycles. The zero-order valence-corrected chi connectivity index (χ0v) is 17.0. The Balaban J connectivity index is 1.57. The Labute approximate surface area is 168 Å². The summed E-state index contributed by atoms with van der Waals surface area (Å²) in [7, 11) is 4.67. The van der Waals surface area contributed by atoms with Crippen LogP contribution in [0.15, 0.2) is 39.3 Å². The number of thioether (sulfide) groups is 1. The molecule has 8 nitrogen and oxygen atoms in total. The van der Waals surface area contributed by atoms with Crippen molar-refractivity contribution in [1.82, 2.24) is 20.2 Å². The second kappa shape index (κ2) is 8.03. The maximum absolute atomic E-state index is 5.82. The van der Waals surface area contributed by atoms with E-state index in [1.54, 1.807) is 51.1 Å². The van der Waals surface area contributed by atoms with Gasteiger partial charge in [-0.3, -0.25) is 0 Å². The second-order valence-electron chi connectivity index (χ2n) is 5.52. The lowest BCUT2D eigenvalue weighted by atomic mass is 10.2. The molecule has 144 valence electrons. The Morgan fingerprint density at radius 1 is 1.04 bits per heavy atom. The van der Waals surface area contributed by atoms with E-state index < -0.39 is 0 Å². The zero-order valence-electron chi connectivity index (χ0n) is 15.3. The summed E-state index contributed by atoms with van der Waals surface area (Å²) in [6.45, 7) is 0. The molecule has 0 aliphatic carbocycles. The Bertz CT molecular complexity index is 1090. The molecule has 3 aromatic heterocycles. The average Bonchev–Trinajstić information content (AvgIpc) is 3.40. The number of thiophene rings is 1. The third-order valence-corrected chi connectivity index (χ3v) is 5.94. The Morgan fingerprint density at radius 2 is 1.82 bits per heavy atom. The third-order valence-electron chi connectivity index (χ3n) is 3.92. The minimum Gasteiger partial charge on any atom is -0.493 e. The van der Waals surface area contributed by atoms with Crippen LogP contribution in [-0.2, 0) is 5.75 Å². The molecule has 3 heterocycles. The van der Waals surface area contributed by atoms with Gasteiger partial charge in [0.1, 0.15) is 11.4 Å². The number of hydrogen-bond donors (Lipinski definition) is 0. The maximum atomic E-state index is 5.82. The summed E-state index contributed by atoms with van der Waals surface area (Å²) >= 11 is 3.14. The van der Waals surface area contributed by atoms with Crippen LogP contribution in [0.5, 0.6) is 17.2 Å². The van der Waals surface area contributed by atoms with Gasteiger partial charge in [-0.15, -0.1) is 21.5 Å². The van der Waals surface area contributed by atoms with E-state index in [1.165, 1.54) is 11.8 Å². The van der Waals surface area contributed by atoms with Crippen LogP contribution in [0.2, 0.25) is 0 Å². The first-order valence-electron chi connectivity index (χ1n) is 8.17. The van der Waals surface area contributed by atoms with Crippen LogP contribution >= 0.6 is 23.1 Å². The fourth-order valence-corrected chi connectivity index (χ4v) is 4.42. The van der Waals surface area contributed by atoms with Crippen LogP contribution in [0.1, 0.15) is 5.89 Å². The van der Waals surface area contributed by atoms with Gasteiger partial charge in [-0.25, -0.2) is 9.97 Å². The molecule has 4 aromatic rings. The number of benzene rings is 1. The molecule has 0 radical (unpaired) electrons. The van der Waals surface area contributed by atoms with Gasteiger partial charge in [-0.05, 0) is 23.6 Å². The SMILES string of the molecule is COc1cc(-c2nnc(CSc3ncnc4ccsc34)o2)cc(OC)c1OC. The highest BCUT2D eigenvalue weighted by atomic mass is 32.2. The fourth-order valence-electron chi connectivity index (χ4n) is 2.63. The van der Waals surface area contributed by atoms with Crippen LogP contribution in [0, 0.1) is 0 Å². The highest BCUT2D eigenvalue weighted by Gasteiger charge is 2.18. The normalized spacial score (nSPS) is 11.0. The lowest BCUT2D eigenvalue weighted by Gasteiger charge is -2.12. The van der Waals surface area contributed by atoms with Gasteiger partial charge in [0.15, 0.2) is 11.5 Å². The highest BCUT2D eigenvalue weighted by Crippen LogP contribution is 2.41. The Kier molecular flexibility index (Phi) is 5.31. The smallest absolute Gasteiger partial charge is 0.248 e. The molecule has 0 spiro atoms. The van der Waals surface area contributed by atoms with Gasteiger partial charge in [0, 0.05) is 5.56 Å². The molecule has 0 N–H and O–H groups in total. The Hall–Kier alpha value is -2.85. The standard InChI is InChI=1S/C18H16N4O4S2/c1-23-12-6-10(7-13(24-2)15(12)25-3)17-22-21-14(26-17)8-28-18-16-11(4-5-27-16)19-9-20-18/h4-7,9H,8H2,1-3H3. The largest absolute Gasteiger partial charge is 0.493 e. The first-order valence-corrected chi connectivity index (χ1v) is 10.0. The molecule has 1 aromatic carbocycles. The first kappa shape index (κ1) is 18.5.